The molecule has 0 radical (unpaired) electrons. The summed E-state index contributed by atoms with van der Waals surface area (Å²) in [4.78, 5) is 47.6. The van der Waals surface area contributed by atoms with E-state index in [4.69, 9.17) is 9.47 Å². The number of ketones is 1. The van der Waals surface area contributed by atoms with E-state index < -0.39 is 22.7 Å². The number of benzene rings is 5. The van der Waals surface area contributed by atoms with E-state index in [1.165, 1.54) is 4.90 Å². The zero-order valence-electron chi connectivity index (χ0n) is 26.2. The molecule has 8 rings (SSSR count). The van der Waals surface area contributed by atoms with E-state index in [1.54, 1.807) is 20.3 Å². The van der Waals surface area contributed by atoms with Crippen LogP contribution in [0.15, 0.2) is 133 Å². The topological polar surface area (TPSA) is 72.9 Å². The largest absolute Gasteiger partial charge is 0.497 e. The number of rotatable bonds is 7. The van der Waals surface area contributed by atoms with Crippen LogP contribution in [0.5, 0.6) is 11.5 Å². The van der Waals surface area contributed by atoms with Crippen molar-refractivity contribution in [2.24, 2.45) is 11.8 Å². The molecule has 1 saturated carbocycles. The van der Waals surface area contributed by atoms with Crippen molar-refractivity contribution >= 4 is 57.0 Å². The summed E-state index contributed by atoms with van der Waals surface area (Å²) in [5.74, 6) is -1.55. The fraction of sp³-hybridized carbons (Fsp3) is 0.146. The van der Waals surface area contributed by atoms with Gasteiger partial charge in [0.2, 0.25) is 11.8 Å². The summed E-state index contributed by atoms with van der Waals surface area (Å²) in [6.07, 6.45) is 0. The third-order valence-corrected chi connectivity index (χ3v) is 11.2. The molecule has 2 bridgehead atoms. The van der Waals surface area contributed by atoms with Crippen molar-refractivity contribution in [2.45, 2.75) is 10.8 Å². The van der Waals surface area contributed by atoms with Crippen LogP contribution in [0.4, 0.5) is 5.69 Å². The molecule has 0 aromatic heterocycles. The van der Waals surface area contributed by atoms with Crippen LogP contribution in [0.25, 0.3) is 11.1 Å². The van der Waals surface area contributed by atoms with Gasteiger partial charge in [-0.15, -0.1) is 0 Å². The Kier molecular flexibility index (Phi) is 7.14. The van der Waals surface area contributed by atoms with Crippen LogP contribution >= 0.6 is 22.6 Å². The second-order valence-corrected chi connectivity index (χ2v) is 13.5. The summed E-state index contributed by atoms with van der Waals surface area (Å²) in [7, 11) is 3.22. The lowest BCUT2D eigenvalue weighted by atomic mass is 9.59. The first-order chi connectivity index (χ1) is 23.4. The number of ether oxygens (including phenoxy) is 2. The average Bonchev–Trinajstić information content (AvgIpc) is 3.64. The maximum atomic E-state index is 16.0. The molecule has 0 N–H and O–H groups in total. The molecule has 2 amide bonds. The van der Waals surface area contributed by atoms with Crippen LogP contribution in [0.3, 0.4) is 0 Å². The quantitative estimate of drug-likeness (QED) is 0.128. The molecule has 6 nitrogen and oxygen atoms in total. The maximum Gasteiger partial charge on any atom is 0.239 e. The molecule has 3 aliphatic rings. The van der Waals surface area contributed by atoms with E-state index in [0.29, 0.717) is 28.3 Å². The number of para-hydroxylation sites is 1. The van der Waals surface area contributed by atoms with Crippen LogP contribution in [0, 0.1) is 15.4 Å². The molecule has 7 heteroatoms. The van der Waals surface area contributed by atoms with Crippen molar-refractivity contribution in [1.82, 2.24) is 0 Å². The molecule has 1 heterocycles. The predicted molar refractivity (Wildman–Crippen MR) is 193 cm³/mol. The molecule has 48 heavy (non-hydrogen) atoms. The highest BCUT2D eigenvalue weighted by Gasteiger charge is 2.82. The molecule has 236 valence electrons. The number of hydrogen-bond acceptors (Lipinski definition) is 5. The summed E-state index contributed by atoms with van der Waals surface area (Å²) in [5, 5.41) is 0. The van der Waals surface area contributed by atoms with Gasteiger partial charge in [-0.2, -0.15) is 0 Å². The van der Waals surface area contributed by atoms with Crippen molar-refractivity contribution < 1.29 is 23.9 Å². The Bertz CT molecular complexity index is 2000. The number of hydrogen-bond donors (Lipinski definition) is 0. The molecular formula is C41H30INO5. The van der Waals surface area contributed by atoms with Gasteiger partial charge in [0.1, 0.15) is 11.5 Å². The molecule has 1 saturated heterocycles. The first-order valence-corrected chi connectivity index (χ1v) is 16.8. The second kappa shape index (κ2) is 11.3. The minimum Gasteiger partial charge on any atom is -0.497 e. The molecular weight excluding hydrogens is 713 g/mol. The Morgan fingerprint density at radius 3 is 1.33 bits per heavy atom. The summed E-state index contributed by atoms with van der Waals surface area (Å²) in [5.41, 5.74) is 1.94. The number of anilines is 1. The van der Waals surface area contributed by atoms with Crippen molar-refractivity contribution in [3.05, 3.63) is 159 Å². The fourth-order valence-corrected chi connectivity index (χ4v) is 9.14. The Hall–Kier alpha value is -5.02. The van der Waals surface area contributed by atoms with E-state index >= 15 is 14.4 Å². The minimum absolute atomic E-state index is 0.164. The normalized spacial score (nSPS) is 24.3. The Labute approximate surface area is 292 Å². The first-order valence-electron chi connectivity index (χ1n) is 15.7. The SMILES string of the molecule is COc1ccc(C2=C(c3ccc(OC)cc3)[C@@]3(c4ccccc4)C(=O)[C@@]2(c2ccccc2)[C@@H]2C(=O)N(c4ccccc4I)C(=O)[C@H]23)cc1. The average molecular weight is 744 g/mol. The molecule has 1 aliphatic heterocycles. The van der Waals surface area contributed by atoms with Crippen molar-refractivity contribution in [1.29, 1.82) is 0 Å². The molecule has 5 aromatic carbocycles. The van der Waals surface area contributed by atoms with Gasteiger partial charge in [-0.1, -0.05) is 97.1 Å². The van der Waals surface area contributed by atoms with Gasteiger partial charge in [-0.05, 0) is 92.4 Å². The highest BCUT2D eigenvalue weighted by molar-refractivity contribution is 14.1. The predicted octanol–water partition coefficient (Wildman–Crippen LogP) is 7.50. The van der Waals surface area contributed by atoms with Gasteiger partial charge < -0.3 is 9.47 Å². The zero-order valence-corrected chi connectivity index (χ0v) is 28.4. The molecule has 2 fully saturated rings. The van der Waals surface area contributed by atoms with Crippen LogP contribution in [0.1, 0.15) is 22.3 Å². The number of carbonyl (C=O) groups is 3. The Balaban J connectivity index is 1.55. The zero-order chi connectivity index (χ0) is 33.2. The van der Waals surface area contributed by atoms with Gasteiger partial charge >= 0.3 is 0 Å². The highest BCUT2D eigenvalue weighted by atomic mass is 127. The molecule has 2 aliphatic carbocycles. The van der Waals surface area contributed by atoms with Crippen LogP contribution in [0.2, 0.25) is 0 Å². The number of carbonyl (C=O) groups excluding carboxylic acids is 3. The maximum absolute atomic E-state index is 16.0. The van der Waals surface area contributed by atoms with Crippen LogP contribution in [-0.2, 0) is 25.2 Å². The molecule has 5 aromatic rings. The van der Waals surface area contributed by atoms with E-state index in [-0.39, 0.29) is 17.6 Å². The monoisotopic (exact) mass is 743 g/mol. The van der Waals surface area contributed by atoms with Gasteiger partial charge in [0.15, 0.2) is 5.78 Å². The number of Topliss-reactive ketones (excluding diaryl/α,β-unsaturated/α-hetero) is 1. The smallest absolute Gasteiger partial charge is 0.239 e. The van der Waals surface area contributed by atoms with E-state index in [1.807, 2.05) is 127 Å². The lowest BCUT2D eigenvalue weighted by Crippen LogP contribution is -2.45. The third-order valence-electron chi connectivity index (χ3n) is 10.3. The first kappa shape index (κ1) is 30.3. The molecule has 0 unspecified atom stereocenters. The third kappa shape index (κ3) is 3.88. The van der Waals surface area contributed by atoms with Crippen molar-refractivity contribution in [3.8, 4) is 11.5 Å². The molecule has 4 atom stereocenters. The van der Waals surface area contributed by atoms with Crippen molar-refractivity contribution in [2.75, 3.05) is 19.1 Å². The van der Waals surface area contributed by atoms with E-state index in [9.17, 15) is 0 Å². The minimum atomic E-state index is -1.48. The van der Waals surface area contributed by atoms with Crippen LogP contribution in [-0.4, -0.2) is 31.8 Å². The van der Waals surface area contributed by atoms with E-state index in [2.05, 4.69) is 22.6 Å². The van der Waals surface area contributed by atoms with Gasteiger partial charge in [0.25, 0.3) is 0 Å². The summed E-state index contributed by atoms with van der Waals surface area (Å²) < 4.78 is 11.8. The van der Waals surface area contributed by atoms with Crippen molar-refractivity contribution in [3.63, 3.8) is 0 Å². The number of allylic oxidation sites excluding steroid dienone is 2. The number of amides is 2. The Morgan fingerprint density at radius 2 is 0.938 bits per heavy atom. The van der Waals surface area contributed by atoms with Gasteiger partial charge in [-0.25, -0.2) is 4.90 Å². The highest BCUT2D eigenvalue weighted by Crippen LogP contribution is 2.74. The number of halogens is 1. The Morgan fingerprint density at radius 1 is 0.542 bits per heavy atom. The lowest BCUT2D eigenvalue weighted by Gasteiger charge is -2.39. The van der Waals surface area contributed by atoms with E-state index in [0.717, 1.165) is 25.8 Å². The number of fused-ring (bicyclic) bond motifs is 5. The van der Waals surface area contributed by atoms with Gasteiger partial charge in [0.05, 0.1) is 42.6 Å². The summed E-state index contributed by atoms with van der Waals surface area (Å²) >= 11 is 2.17. The number of imide groups is 1. The van der Waals surface area contributed by atoms with Gasteiger partial charge in [0, 0.05) is 3.57 Å². The standard InChI is InChI=1S/C41H30INO5/c1-47-29-21-17-25(18-22-29)33-34(26-19-23-30(48-2)24-20-26)41(28-13-7-4-8-14-28)36-35(40(33,39(41)46)27-11-5-3-6-12-27)37(44)43(38(36)45)32-16-10-9-15-31(32)42/h3-24,35-36H,1-2H3/t35-,36-,40+,41+/m0/s1. The van der Waals surface area contributed by atoms with Crippen LogP contribution < -0.4 is 14.4 Å². The number of methoxy groups -OCH3 is 2. The second-order valence-electron chi connectivity index (χ2n) is 12.3. The fourth-order valence-electron chi connectivity index (χ4n) is 8.51. The number of nitrogens with zero attached hydrogens (tertiary/aromatic N) is 1. The van der Waals surface area contributed by atoms with Gasteiger partial charge in [-0.3, -0.25) is 14.4 Å². The molecule has 0 spiro atoms. The summed E-state index contributed by atoms with van der Waals surface area (Å²) in [6, 6.07) is 41.7. The summed E-state index contributed by atoms with van der Waals surface area (Å²) in [6.45, 7) is 0. The lowest BCUT2D eigenvalue weighted by molar-refractivity contribution is -0.130.